The molecule has 2 aromatic carbocycles. The van der Waals surface area contributed by atoms with E-state index >= 15 is 0 Å². The van der Waals surface area contributed by atoms with Gasteiger partial charge in [-0.2, -0.15) is 0 Å². The molecule has 2 amide bonds. The van der Waals surface area contributed by atoms with Crippen LogP contribution in [0.15, 0.2) is 42.5 Å². The van der Waals surface area contributed by atoms with Gasteiger partial charge in [-0.3, -0.25) is 9.59 Å². The highest BCUT2D eigenvalue weighted by Crippen LogP contribution is 2.22. The van der Waals surface area contributed by atoms with E-state index < -0.39 is 0 Å². The van der Waals surface area contributed by atoms with Crippen LogP contribution < -0.4 is 16.0 Å². The Morgan fingerprint density at radius 1 is 1.00 bits per heavy atom. The van der Waals surface area contributed by atoms with E-state index in [2.05, 4.69) is 16.0 Å². The van der Waals surface area contributed by atoms with Crippen molar-refractivity contribution in [3.8, 4) is 0 Å². The first-order valence-corrected chi connectivity index (χ1v) is 6.89. The second-order valence-corrected chi connectivity index (χ2v) is 4.71. The van der Waals surface area contributed by atoms with Gasteiger partial charge in [-0.15, -0.1) is 0 Å². The predicted molar refractivity (Wildman–Crippen MR) is 84.1 cm³/mol. The van der Waals surface area contributed by atoms with Gasteiger partial charge in [-0.05, 0) is 18.5 Å². The number of likely N-dealkylation sites (N-methyl/N-ethyl adjacent to an activating group) is 1. The highest BCUT2D eigenvalue weighted by Gasteiger charge is 2.06. The Hall–Kier alpha value is -2.40. The van der Waals surface area contributed by atoms with Gasteiger partial charge in [0.2, 0.25) is 11.8 Å². The van der Waals surface area contributed by atoms with E-state index in [4.69, 9.17) is 0 Å². The molecule has 3 N–H and O–H groups in total. The van der Waals surface area contributed by atoms with Crippen molar-refractivity contribution in [3.63, 3.8) is 0 Å². The predicted octanol–water partition coefficient (Wildman–Crippen LogP) is 1.50. The van der Waals surface area contributed by atoms with Gasteiger partial charge >= 0.3 is 0 Å². The normalized spacial score (nSPS) is 10.3. The van der Waals surface area contributed by atoms with Crippen LogP contribution in [-0.4, -0.2) is 32.0 Å². The summed E-state index contributed by atoms with van der Waals surface area (Å²) in [7, 11) is 1.70. The minimum atomic E-state index is -0.115. The number of carbonyl (C=O) groups is 2. The zero-order valence-corrected chi connectivity index (χ0v) is 12.0. The molecule has 0 saturated carbocycles. The van der Waals surface area contributed by atoms with Crippen LogP contribution in [0, 0.1) is 0 Å². The SMILES string of the molecule is CNCC(=O)NCCC(=O)Nc1cccc2ccccc12. The summed E-state index contributed by atoms with van der Waals surface area (Å²) in [4.78, 5) is 23.2. The number of amides is 2. The summed E-state index contributed by atoms with van der Waals surface area (Å²) in [6.07, 6.45) is 0.249. The first kappa shape index (κ1) is 15.0. The summed E-state index contributed by atoms with van der Waals surface area (Å²) in [5.41, 5.74) is 0.791. The largest absolute Gasteiger partial charge is 0.354 e. The number of anilines is 1. The quantitative estimate of drug-likeness (QED) is 0.753. The van der Waals surface area contributed by atoms with E-state index in [1.54, 1.807) is 7.05 Å². The molecule has 5 nitrogen and oxygen atoms in total. The Balaban J connectivity index is 1.91. The van der Waals surface area contributed by atoms with Crippen molar-refractivity contribution in [1.29, 1.82) is 0 Å². The lowest BCUT2D eigenvalue weighted by molar-refractivity contribution is -0.120. The molecule has 0 saturated heterocycles. The molecule has 110 valence electrons. The van der Waals surface area contributed by atoms with Crippen LogP contribution >= 0.6 is 0 Å². The Morgan fingerprint density at radius 2 is 1.76 bits per heavy atom. The van der Waals surface area contributed by atoms with Crippen LogP contribution in [0.4, 0.5) is 5.69 Å². The van der Waals surface area contributed by atoms with Crippen molar-refractivity contribution in [2.75, 3.05) is 25.5 Å². The molecule has 2 rings (SSSR count). The zero-order valence-electron chi connectivity index (χ0n) is 12.0. The maximum absolute atomic E-state index is 11.9. The molecule has 0 bridgehead atoms. The average Bonchev–Trinajstić information content (AvgIpc) is 2.48. The van der Waals surface area contributed by atoms with E-state index in [1.165, 1.54) is 0 Å². The highest BCUT2D eigenvalue weighted by atomic mass is 16.2. The minimum Gasteiger partial charge on any atom is -0.354 e. The highest BCUT2D eigenvalue weighted by molar-refractivity contribution is 6.02. The number of hydrogen-bond acceptors (Lipinski definition) is 3. The summed E-state index contributed by atoms with van der Waals surface area (Å²) in [6.45, 7) is 0.585. The molecular weight excluding hydrogens is 266 g/mol. The number of nitrogens with one attached hydrogen (secondary N) is 3. The second kappa shape index (κ2) is 7.40. The molecule has 5 heteroatoms. The Kier molecular flexibility index (Phi) is 5.29. The lowest BCUT2D eigenvalue weighted by Crippen LogP contribution is -2.34. The van der Waals surface area contributed by atoms with Crippen molar-refractivity contribution in [3.05, 3.63) is 42.5 Å². The van der Waals surface area contributed by atoms with Crippen molar-refractivity contribution in [2.24, 2.45) is 0 Å². The molecule has 0 unspecified atom stereocenters. The third kappa shape index (κ3) is 4.29. The van der Waals surface area contributed by atoms with Crippen LogP contribution in [0.5, 0.6) is 0 Å². The van der Waals surface area contributed by atoms with Crippen molar-refractivity contribution in [1.82, 2.24) is 10.6 Å². The minimum absolute atomic E-state index is 0.115. The fourth-order valence-electron chi connectivity index (χ4n) is 2.09. The lowest BCUT2D eigenvalue weighted by atomic mass is 10.1. The average molecular weight is 285 g/mol. The number of hydrogen-bond donors (Lipinski definition) is 3. The smallest absolute Gasteiger partial charge is 0.233 e. The number of carbonyl (C=O) groups excluding carboxylic acids is 2. The van der Waals surface area contributed by atoms with Gasteiger partial charge < -0.3 is 16.0 Å². The van der Waals surface area contributed by atoms with Crippen LogP contribution in [0.1, 0.15) is 6.42 Å². The molecule has 0 aliphatic heterocycles. The Morgan fingerprint density at radius 3 is 2.57 bits per heavy atom. The van der Waals surface area contributed by atoms with Gasteiger partial charge in [-0.25, -0.2) is 0 Å². The number of fused-ring (bicyclic) bond motifs is 1. The van der Waals surface area contributed by atoms with E-state index in [9.17, 15) is 9.59 Å². The fourth-order valence-corrected chi connectivity index (χ4v) is 2.09. The van der Waals surface area contributed by atoms with Crippen LogP contribution in [-0.2, 0) is 9.59 Å². The van der Waals surface area contributed by atoms with E-state index in [0.29, 0.717) is 6.54 Å². The molecule has 0 aliphatic carbocycles. The summed E-state index contributed by atoms with van der Waals surface area (Å²) in [6, 6.07) is 13.7. The van der Waals surface area contributed by atoms with Crippen LogP contribution in [0.25, 0.3) is 10.8 Å². The third-order valence-electron chi connectivity index (χ3n) is 3.08. The maximum Gasteiger partial charge on any atom is 0.233 e. The lowest BCUT2D eigenvalue weighted by Gasteiger charge is -2.09. The van der Waals surface area contributed by atoms with Crippen molar-refractivity contribution in [2.45, 2.75) is 6.42 Å². The maximum atomic E-state index is 11.9. The molecule has 0 aliphatic rings. The zero-order chi connectivity index (χ0) is 15.1. The monoisotopic (exact) mass is 285 g/mol. The topological polar surface area (TPSA) is 70.2 Å². The Bertz CT molecular complexity index is 635. The molecule has 0 atom stereocenters. The first-order valence-electron chi connectivity index (χ1n) is 6.89. The summed E-state index contributed by atoms with van der Waals surface area (Å²) in [5.74, 6) is -0.230. The number of rotatable bonds is 6. The van der Waals surface area contributed by atoms with E-state index in [-0.39, 0.29) is 24.8 Å². The van der Waals surface area contributed by atoms with Gasteiger partial charge in [-0.1, -0.05) is 36.4 Å². The van der Waals surface area contributed by atoms with Gasteiger partial charge in [0, 0.05) is 24.0 Å². The van der Waals surface area contributed by atoms with E-state index in [1.807, 2.05) is 42.5 Å². The molecule has 0 spiro atoms. The van der Waals surface area contributed by atoms with Gasteiger partial charge in [0.15, 0.2) is 0 Å². The van der Waals surface area contributed by atoms with Crippen LogP contribution in [0.2, 0.25) is 0 Å². The summed E-state index contributed by atoms with van der Waals surface area (Å²) < 4.78 is 0. The Labute approximate surface area is 123 Å². The second-order valence-electron chi connectivity index (χ2n) is 4.71. The fraction of sp³-hybridized carbons (Fsp3) is 0.250. The molecular formula is C16H19N3O2. The first-order chi connectivity index (χ1) is 10.2. The van der Waals surface area contributed by atoms with Crippen molar-refractivity contribution < 1.29 is 9.59 Å². The summed E-state index contributed by atoms with van der Waals surface area (Å²) in [5, 5.41) is 10.4. The molecule has 0 aromatic heterocycles. The summed E-state index contributed by atoms with van der Waals surface area (Å²) >= 11 is 0. The van der Waals surface area contributed by atoms with Crippen LogP contribution in [0.3, 0.4) is 0 Å². The molecule has 2 aromatic rings. The molecule has 0 radical (unpaired) electrons. The third-order valence-corrected chi connectivity index (χ3v) is 3.08. The molecule has 21 heavy (non-hydrogen) atoms. The number of benzene rings is 2. The molecule has 0 heterocycles. The van der Waals surface area contributed by atoms with E-state index in [0.717, 1.165) is 16.5 Å². The van der Waals surface area contributed by atoms with Gasteiger partial charge in [0.25, 0.3) is 0 Å². The molecule has 0 fully saturated rings. The van der Waals surface area contributed by atoms with Gasteiger partial charge in [0.1, 0.15) is 0 Å². The van der Waals surface area contributed by atoms with Crippen molar-refractivity contribution >= 4 is 28.3 Å². The van der Waals surface area contributed by atoms with Gasteiger partial charge in [0.05, 0.1) is 6.54 Å². The standard InChI is InChI=1S/C16H19N3O2/c1-17-11-16(21)18-10-9-15(20)19-14-8-4-6-12-5-2-3-7-13(12)14/h2-8,17H,9-11H2,1H3,(H,18,21)(H,19,20).